The second kappa shape index (κ2) is 3.85. The molecule has 2 saturated heterocycles. The van der Waals surface area contributed by atoms with Gasteiger partial charge in [-0.15, -0.1) is 0 Å². The largest absolute Gasteiger partial charge is 0.370 e. The number of sulfone groups is 1. The summed E-state index contributed by atoms with van der Waals surface area (Å²) >= 11 is 0. The quantitative estimate of drug-likeness (QED) is 0.589. The molecular formula is C10H15NO4S. The fourth-order valence-corrected chi connectivity index (χ4v) is 4.24. The van der Waals surface area contributed by atoms with E-state index in [2.05, 4.69) is 6.58 Å². The van der Waals surface area contributed by atoms with E-state index in [4.69, 9.17) is 4.74 Å². The van der Waals surface area contributed by atoms with Crippen molar-refractivity contribution in [2.45, 2.75) is 12.0 Å². The van der Waals surface area contributed by atoms with Crippen LogP contribution in [0.1, 0.15) is 6.42 Å². The molecule has 5 nitrogen and oxygen atoms in total. The van der Waals surface area contributed by atoms with E-state index in [0.29, 0.717) is 26.1 Å². The fraction of sp³-hybridized carbons (Fsp3) is 0.700. The van der Waals surface area contributed by atoms with E-state index < -0.39 is 15.4 Å². The lowest BCUT2D eigenvalue weighted by Crippen LogP contribution is -2.54. The van der Waals surface area contributed by atoms with Gasteiger partial charge in [-0.05, 0) is 12.5 Å². The third kappa shape index (κ3) is 2.12. The Balaban J connectivity index is 2.13. The third-order valence-electron chi connectivity index (χ3n) is 3.09. The molecule has 16 heavy (non-hydrogen) atoms. The monoisotopic (exact) mass is 245 g/mol. The van der Waals surface area contributed by atoms with Gasteiger partial charge in [0.05, 0.1) is 24.7 Å². The number of carbonyl (C=O) groups excluding carboxylic acids is 1. The molecule has 1 spiro atoms. The number of morpholine rings is 1. The highest BCUT2D eigenvalue weighted by Crippen LogP contribution is 2.30. The zero-order valence-corrected chi connectivity index (χ0v) is 9.83. The van der Waals surface area contributed by atoms with E-state index in [1.807, 2.05) is 0 Å². The van der Waals surface area contributed by atoms with Gasteiger partial charge in [0.1, 0.15) is 5.60 Å². The maximum Gasteiger partial charge on any atom is 0.246 e. The van der Waals surface area contributed by atoms with Gasteiger partial charge in [0, 0.05) is 6.54 Å². The van der Waals surface area contributed by atoms with Crippen molar-refractivity contribution < 1.29 is 17.9 Å². The normalized spacial score (nSPS) is 32.9. The van der Waals surface area contributed by atoms with Crippen LogP contribution >= 0.6 is 0 Å². The van der Waals surface area contributed by atoms with Crippen LogP contribution in [0.15, 0.2) is 12.7 Å². The maximum absolute atomic E-state index is 11.5. The summed E-state index contributed by atoms with van der Waals surface area (Å²) in [4.78, 5) is 13.1. The Hall–Kier alpha value is -0.880. The maximum atomic E-state index is 11.5. The standard InChI is InChI=1S/C10H15NO4S/c1-2-9(12)11-4-5-15-10(7-11)3-6-16(13,14)8-10/h2H,1,3-8H2. The Morgan fingerprint density at radius 2 is 2.25 bits per heavy atom. The van der Waals surface area contributed by atoms with Gasteiger partial charge in [0.25, 0.3) is 0 Å². The molecule has 2 aliphatic rings. The Morgan fingerprint density at radius 1 is 1.50 bits per heavy atom. The lowest BCUT2D eigenvalue weighted by molar-refractivity contribution is -0.142. The summed E-state index contributed by atoms with van der Waals surface area (Å²) in [6.45, 7) is 4.69. The summed E-state index contributed by atoms with van der Waals surface area (Å²) in [6.07, 6.45) is 1.73. The van der Waals surface area contributed by atoms with Gasteiger partial charge in [0.15, 0.2) is 9.84 Å². The lowest BCUT2D eigenvalue weighted by Gasteiger charge is -2.39. The second-order valence-electron chi connectivity index (χ2n) is 4.34. The molecule has 2 aliphatic heterocycles. The summed E-state index contributed by atoms with van der Waals surface area (Å²) in [6, 6.07) is 0. The molecule has 1 atom stereocenters. The summed E-state index contributed by atoms with van der Waals surface area (Å²) in [5.41, 5.74) is -0.671. The van der Waals surface area contributed by atoms with Crippen molar-refractivity contribution in [3.8, 4) is 0 Å². The van der Waals surface area contributed by atoms with E-state index >= 15 is 0 Å². The molecule has 0 radical (unpaired) electrons. The number of rotatable bonds is 1. The van der Waals surface area contributed by atoms with Crippen LogP contribution in [0.3, 0.4) is 0 Å². The van der Waals surface area contributed by atoms with Crippen molar-refractivity contribution in [1.29, 1.82) is 0 Å². The van der Waals surface area contributed by atoms with Crippen molar-refractivity contribution in [3.63, 3.8) is 0 Å². The predicted molar refractivity (Wildman–Crippen MR) is 58.7 cm³/mol. The van der Waals surface area contributed by atoms with Crippen molar-refractivity contribution in [3.05, 3.63) is 12.7 Å². The second-order valence-corrected chi connectivity index (χ2v) is 6.52. The highest BCUT2D eigenvalue weighted by atomic mass is 32.2. The van der Waals surface area contributed by atoms with Crippen LogP contribution in [0.5, 0.6) is 0 Å². The molecule has 0 aromatic rings. The summed E-state index contributed by atoms with van der Waals surface area (Å²) in [7, 11) is -3.00. The molecule has 6 heteroatoms. The van der Waals surface area contributed by atoms with Gasteiger partial charge in [-0.1, -0.05) is 6.58 Å². The van der Waals surface area contributed by atoms with Crippen LogP contribution in [0.2, 0.25) is 0 Å². The Labute approximate surface area is 95.0 Å². The van der Waals surface area contributed by atoms with Crippen molar-refractivity contribution in [2.24, 2.45) is 0 Å². The molecule has 0 saturated carbocycles. The molecule has 2 rings (SSSR count). The lowest BCUT2D eigenvalue weighted by atomic mass is 10.0. The number of hydrogen-bond donors (Lipinski definition) is 0. The fourth-order valence-electron chi connectivity index (χ4n) is 2.29. The number of nitrogens with zero attached hydrogens (tertiary/aromatic N) is 1. The average molecular weight is 245 g/mol. The molecule has 90 valence electrons. The SMILES string of the molecule is C=CC(=O)N1CCOC2(CCS(=O)(=O)C2)C1. The number of amides is 1. The first-order valence-corrected chi connectivity index (χ1v) is 7.04. The zero-order valence-electron chi connectivity index (χ0n) is 9.02. The first kappa shape index (κ1) is 11.6. The Bertz CT molecular complexity index is 417. The molecule has 0 aliphatic carbocycles. The van der Waals surface area contributed by atoms with Gasteiger partial charge in [-0.2, -0.15) is 0 Å². The molecular weight excluding hydrogens is 230 g/mol. The summed E-state index contributed by atoms with van der Waals surface area (Å²) in [5.74, 6) is 0.0244. The molecule has 1 unspecified atom stereocenters. The zero-order chi connectivity index (χ0) is 11.8. The van der Waals surface area contributed by atoms with Crippen molar-refractivity contribution in [2.75, 3.05) is 31.2 Å². The van der Waals surface area contributed by atoms with Crippen molar-refractivity contribution in [1.82, 2.24) is 4.90 Å². The third-order valence-corrected chi connectivity index (χ3v) is 4.88. The summed E-state index contributed by atoms with van der Waals surface area (Å²) < 4.78 is 28.5. The van der Waals surface area contributed by atoms with Crippen molar-refractivity contribution >= 4 is 15.7 Å². The minimum absolute atomic E-state index is 0.0287. The minimum Gasteiger partial charge on any atom is -0.370 e. The molecule has 0 N–H and O–H groups in total. The Kier molecular flexibility index (Phi) is 2.79. The molecule has 2 fully saturated rings. The van der Waals surface area contributed by atoms with Gasteiger partial charge in [0.2, 0.25) is 5.91 Å². The van der Waals surface area contributed by atoms with E-state index in [1.54, 1.807) is 4.90 Å². The van der Waals surface area contributed by atoms with E-state index in [9.17, 15) is 13.2 Å². The van der Waals surface area contributed by atoms with Gasteiger partial charge in [-0.3, -0.25) is 4.79 Å². The first-order valence-electron chi connectivity index (χ1n) is 5.22. The van der Waals surface area contributed by atoms with E-state index in [1.165, 1.54) is 6.08 Å². The number of ether oxygens (including phenoxy) is 1. The highest BCUT2D eigenvalue weighted by molar-refractivity contribution is 7.91. The van der Waals surface area contributed by atoms with Crippen LogP contribution < -0.4 is 0 Å². The molecule has 0 aromatic carbocycles. The van der Waals surface area contributed by atoms with E-state index in [0.717, 1.165) is 0 Å². The minimum atomic E-state index is -3.00. The molecule has 2 heterocycles. The summed E-state index contributed by atoms with van der Waals surface area (Å²) in [5, 5.41) is 0. The average Bonchev–Trinajstić information content (AvgIpc) is 2.53. The van der Waals surface area contributed by atoms with Gasteiger partial charge in [-0.25, -0.2) is 8.42 Å². The molecule has 0 aromatic heterocycles. The molecule has 1 amide bonds. The van der Waals surface area contributed by atoms with E-state index in [-0.39, 0.29) is 17.4 Å². The highest BCUT2D eigenvalue weighted by Gasteiger charge is 2.46. The number of hydrogen-bond acceptors (Lipinski definition) is 4. The van der Waals surface area contributed by atoms with Crippen LogP contribution in [-0.4, -0.2) is 56.0 Å². The van der Waals surface area contributed by atoms with Crippen LogP contribution in [-0.2, 0) is 19.4 Å². The first-order chi connectivity index (χ1) is 7.46. The van der Waals surface area contributed by atoms with Gasteiger partial charge >= 0.3 is 0 Å². The van der Waals surface area contributed by atoms with Crippen LogP contribution in [0.25, 0.3) is 0 Å². The van der Waals surface area contributed by atoms with Crippen LogP contribution in [0, 0.1) is 0 Å². The number of carbonyl (C=O) groups is 1. The predicted octanol–water partition coefficient (Wildman–Crippen LogP) is -0.411. The smallest absolute Gasteiger partial charge is 0.246 e. The molecule has 0 bridgehead atoms. The van der Waals surface area contributed by atoms with Gasteiger partial charge < -0.3 is 9.64 Å². The Morgan fingerprint density at radius 3 is 2.81 bits per heavy atom. The van der Waals surface area contributed by atoms with Crippen LogP contribution in [0.4, 0.5) is 0 Å². The topological polar surface area (TPSA) is 63.7 Å².